The molecule has 3 heterocycles. The number of hydrogen-bond acceptors (Lipinski definition) is 4. The van der Waals surface area contributed by atoms with E-state index in [1.54, 1.807) is 0 Å². The maximum absolute atomic E-state index is 11.8. The van der Waals surface area contributed by atoms with Crippen molar-refractivity contribution in [3.05, 3.63) is 58.9 Å². The normalized spacial score (nSPS) is 17.2. The van der Waals surface area contributed by atoms with E-state index >= 15 is 0 Å². The van der Waals surface area contributed by atoms with Crippen LogP contribution in [0.5, 0.6) is 0 Å². The smallest absolute Gasteiger partial charge is 0.339 e. The molecule has 144 valence electrons. The van der Waals surface area contributed by atoms with E-state index in [0.29, 0.717) is 11.4 Å². The second-order valence-electron chi connectivity index (χ2n) is 7.74. The van der Waals surface area contributed by atoms with Crippen LogP contribution in [0.3, 0.4) is 0 Å². The molecule has 0 unspecified atom stereocenters. The number of aryl methyl sites for hydroxylation is 2. The van der Waals surface area contributed by atoms with E-state index in [0.717, 1.165) is 63.2 Å². The number of H-pyrrole nitrogens is 1. The van der Waals surface area contributed by atoms with Gasteiger partial charge in [0.25, 0.3) is 0 Å². The van der Waals surface area contributed by atoms with Gasteiger partial charge < -0.3 is 15.0 Å². The van der Waals surface area contributed by atoms with E-state index in [1.165, 1.54) is 16.5 Å². The molecule has 0 atom stereocenters. The number of fused-ring (bicyclic) bond motifs is 2. The predicted molar refractivity (Wildman–Crippen MR) is 109 cm³/mol. The number of nitrogens with zero attached hydrogens (tertiary/aromatic N) is 3. The standard InChI is InChI=1S/C22H24N4O2/c27-22(28)18-13-15-3-1-5-19(15)24-21(18)26-11-9-25(10-12-26)14-16-4-2-6-20-17(16)7-8-23-20/h2,4,6-8,13,23H,1,3,5,9-12,14H2,(H,27,28). The van der Waals surface area contributed by atoms with Gasteiger partial charge in [-0.15, -0.1) is 0 Å². The molecule has 0 bridgehead atoms. The Labute approximate surface area is 163 Å². The Morgan fingerprint density at radius 1 is 1.14 bits per heavy atom. The van der Waals surface area contributed by atoms with E-state index < -0.39 is 5.97 Å². The third-order valence-electron chi connectivity index (χ3n) is 6.01. The highest BCUT2D eigenvalue weighted by atomic mass is 16.4. The van der Waals surface area contributed by atoms with Crippen LogP contribution in [-0.2, 0) is 19.4 Å². The lowest BCUT2D eigenvalue weighted by Crippen LogP contribution is -2.46. The second kappa shape index (κ2) is 6.95. The molecule has 1 aromatic carbocycles. The number of anilines is 1. The molecular formula is C22H24N4O2. The molecule has 0 saturated carbocycles. The maximum atomic E-state index is 11.8. The number of carboxylic acid groups (broad SMARTS) is 1. The summed E-state index contributed by atoms with van der Waals surface area (Å²) in [5.74, 6) is -0.223. The summed E-state index contributed by atoms with van der Waals surface area (Å²) in [7, 11) is 0. The fraction of sp³-hybridized carbons (Fsp3) is 0.364. The number of benzene rings is 1. The number of aromatic carboxylic acids is 1. The Hall–Kier alpha value is -2.86. The third kappa shape index (κ3) is 3.03. The summed E-state index contributed by atoms with van der Waals surface area (Å²) in [5, 5.41) is 11.0. The molecule has 1 saturated heterocycles. The van der Waals surface area contributed by atoms with Crippen molar-refractivity contribution in [3.8, 4) is 0 Å². The summed E-state index contributed by atoms with van der Waals surface area (Å²) < 4.78 is 0. The second-order valence-corrected chi connectivity index (χ2v) is 7.74. The van der Waals surface area contributed by atoms with Crippen LogP contribution in [-0.4, -0.2) is 52.1 Å². The largest absolute Gasteiger partial charge is 0.478 e. The molecule has 2 N–H and O–H groups in total. The summed E-state index contributed by atoms with van der Waals surface area (Å²) in [6.07, 6.45) is 4.96. The number of carboxylic acids is 1. The van der Waals surface area contributed by atoms with Crippen molar-refractivity contribution in [3.63, 3.8) is 0 Å². The van der Waals surface area contributed by atoms with Gasteiger partial charge in [-0.3, -0.25) is 4.90 Å². The number of aromatic amines is 1. The Kier molecular flexibility index (Phi) is 4.28. The molecular weight excluding hydrogens is 352 g/mol. The van der Waals surface area contributed by atoms with Crippen LogP contribution in [0, 0.1) is 0 Å². The van der Waals surface area contributed by atoms with Crippen molar-refractivity contribution in [2.45, 2.75) is 25.8 Å². The van der Waals surface area contributed by atoms with Crippen molar-refractivity contribution in [2.24, 2.45) is 0 Å². The van der Waals surface area contributed by atoms with Gasteiger partial charge in [-0.1, -0.05) is 12.1 Å². The van der Waals surface area contributed by atoms with E-state index in [1.807, 2.05) is 12.3 Å². The number of pyridine rings is 1. The van der Waals surface area contributed by atoms with Gasteiger partial charge in [0.05, 0.1) is 0 Å². The van der Waals surface area contributed by atoms with Crippen molar-refractivity contribution >= 4 is 22.7 Å². The Bertz CT molecular complexity index is 1030. The van der Waals surface area contributed by atoms with Gasteiger partial charge in [0.2, 0.25) is 0 Å². The Morgan fingerprint density at radius 3 is 2.82 bits per heavy atom. The number of hydrogen-bond donors (Lipinski definition) is 2. The van der Waals surface area contributed by atoms with Crippen LogP contribution in [0.4, 0.5) is 5.82 Å². The number of aromatic nitrogens is 2. The fourth-order valence-electron chi connectivity index (χ4n) is 4.51. The van der Waals surface area contributed by atoms with Gasteiger partial charge in [-0.25, -0.2) is 9.78 Å². The monoisotopic (exact) mass is 376 g/mol. The first-order valence-corrected chi connectivity index (χ1v) is 9.97. The molecule has 2 aliphatic rings. The SMILES string of the molecule is O=C(O)c1cc2c(nc1N1CCN(Cc3cccc4[nH]ccc34)CC1)CCC2. The molecule has 1 aliphatic heterocycles. The molecule has 0 amide bonds. The molecule has 28 heavy (non-hydrogen) atoms. The molecule has 6 heteroatoms. The Balaban J connectivity index is 1.32. The van der Waals surface area contributed by atoms with Crippen molar-refractivity contribution in [2.75, 3.05) is 31.1 Å². The number of nitrogens with one attached hydrogen (secondary N) is 1. The van der Waals surface area contributed by atoms with Gasteiger partial charge in [-0.2, -0.15) is 0 Å². The number of carbonyl (C=O) groups is 1. The van der Waals surface area contributed by atoms with Gasteiger partial charge >= 0.3 is 5.97 Å². The molecule has 0 radical (unpaired) electrons. The van der Waals surface area contributed by atoms with Gasteiger partial charge in [0.1, 0.15) is 11.4 Å². The first-order valence-electron chi connectivity index (χ1n) is 9.97. The van der Waals surface area contributed by atoms with Crippen molar-refractivity contribution in [1.29, 1.82) is 0 Å². The first-order chi connectivity index (χ1) is 13.7. The van der Waals surface area contributed by atoms with Crippen LogP contribution in [0.25, 0.3) is 10.9 Å². The van der Waals surface area contributed by atoms with Gasteiger partial charge in [0, 0.05) is 55.5 Å². The highest BCUT2D eigenvalue weighted by molar-refractivity contribution is 5.93. The van der Waals surface area contributed by atoms with Crippen molar-refractivity contribution < 1.29 is 9.90 Å². The zero-order valence-electron chi connectivity index (χ0n) is 15.8. The maximum Gasteiger partial charge on any atom is 0.339 e. The summed E-state index contributed by atoms with van der Waals surface area (Å²) in [6, 6.07) is 10.4. The molecule has 1 fully saturated rings. The average molecular weight is 376 g/mol. The summed E-state index contributed by atoms with van der Waals surface area (Å²) in [6.45, 7) is 4.31. The average Bonchev–Trinajstić information content (AvgIpc) is 3.37. The summed E-state index contributed by atoms with van der Waals surface area (Å²) in [4.78, 5) is 24.4. The molecule has 0 spiro atoms. The lowest BCUT2D eigenvalue weighted by atomic mass is 10.1. The fourth-order valence-corrected chi connectivity index (χ4v) is 4.51. The predicted octanol–water partition coefficient (Wildman–Crippen LogP) is 3.07. The van der Waals surface area contributed by atoms with Crippen LogP contribution in [0.2, 0.25) is 0 Å². The number of rotatable bonds is 4. The highest BCUT2D eigenvalue weighted by Crippen LogP contribution is 2.28. The lowest BCUT2D eigenvalue weighted by Gasteiger charge is -2.36. The van der Waals surface area contributed by atoms with Gasteiger partial charge in [0.15, 0.2) is 0 Å². The minimum Gasteiger partial charge on any atom is -0.478 e. The third-order valence-corrected chi connectivity index (χ3v) is 6.01. The zero-order chi connectivity index (χ0) is 19.1. The minimum absolute atomic E-state index is 0.353. The highest BCUT2D eigenvalue weighted by Gasteiger charge is 2.26. The molecule has 2 aromatic heterocycles. The summed E-state index contributed by atoms with van der Waals surface area (Å²) in [5.41, 5.74) is 5.05. The van der Waals surface area contributed by atoms with E-state index in [2.05, 4.69) is 39.0 Å². The van der Waals surface area contributed by atoms with E-state index in [4.69, 9.17) is 4.98 Å². The molecule has 1 aliphatic carbocycles. The van der Waals surface area contributed by atoms with Crippen LogP contribution in [0.1, 0.15) is 33.6 Å². The van der Waals surface area contributed by atoms with Crippen LogP contribution in [0.15, 0.2) is 36.5 Å². The molecule has 5 rings (SSSR count). The van der Waals surface area contributed by atoms with E-state index in [-0.39, 0.29) is 0 Å². The summed E-state index contributed by atoms with van der Waals surface area (Å²) >= 11 is 0. The minimum atomic E-state index is -0.876. The van der Waals surface area contributed by atoms with Crippen molar-refractivity contribution in [1.82, 2.24) is 14.9 Å². The van der Waals surface area contributed by atoms with E-state index in [9.17, 15) is 9.90 Å². The molecule has 6 nitrogen and oxygen atoms in total. The van der Waals surface area contributed by atoms with Crippen LogP contribution >= 0.6 is 0 Å². The first kappa shape index (κ1) is 17.3. The number of piperazine rings is 1. The Morgan fingerprint density at radius 2 is 2.00 bits per heavy atom. The quantitative estimate of drug-likeness (QED) is 0.732. The topological polar surface area (TPSA) is 72.5 Å². The van der Waals surface area contributed by atoms with Crippen LogP contribution < -0.4 is 4.90 Å². The zero-order valence-corrected chi connectivity index (χ0v) is 15.8. The lowest BCUT2D eigenvalue weighted by molar-refractivity contribution is 0.0697. The molecule has 3 aromatic rings. The van der Waals surface area contributed by atoms with Gasteiger partial charge in [-0.05, 0) is 48.6 Å².